The zero-order valence-electron chi connectivity index (χ0n) is 19.1. The first-order valence-corrected chi connectivity index (χ1v) is 11.4. The summed E-state index contributed by atoms with van der Waals surface area (Å²) in [7, 11) is 0. The first-order valence-electron chi connectivity index (χ1n) is 10.5. The van der Waals surface area contributed by atoms with E-state index in [1.807, 2.05) is 57.2 Å². The van der Waals surface area contributed by atoms with Gasteiger partial charge in [-0.25, -0.2) is 4.98 Å². The molecule has 4 rings (SSSR count). The number of rotatable bonds is 4. The van der Waals surface area contributed by atoms with E-state index in [1.165, 1.54) is 11.8 Å². The fraction of sp³-hybridized carbons (Fsp3) is 0.231. The standard InChI is InChI=1S/C26H24N2O4S/c1-13-7-10-18(11-8-13)21-20(22(30)19-12-14(2)6-9-15(19)3)23(31)25(32)28(21)26-27-16(4)24(33-26)17(5)29/h6-12,21,30H,1-5H3/b22-20+. The molecule has 7 heteroatoms. The molecular weight excluding hydrogens is 436 g/mol. The molecule has 0 aliphatic carbocycles. The van der Waals surface area contributed by atoms with Crippen LogP contribution in [0.4, 0.5) is 5.13 Å². The topological polar surface area (TPSA) is 87.6 Å². The average Bonchev–Trinajstić information content (AvgIpc) is 3.27. The van der Waals surface area contributed by atoms with E-state index in [4.69, 9.17) is 0 Å². The molecule has 3 aromatic rings. The summed E-state index contributed by atoms with van der Waals surface area (Å²) in [5, 5.41) is 11.6. The fourth-order valence-electron chi connectivity index (χ4n) is 4.04. The van der Waals surface area contributed by atoms with Gasteiger partial charge in [0, 0.05) is 12.5 Å². The zero-order chi connectivity index (χ0) is 24.0. The number of aliphatic hydroxyl groups excluding tert-OH is 1. The van der Waals surface area contributed by atoms with Crippen molar-refractivity contribution in [2.24, 2.45) is 0 Å². The molecule has 6 nitrogen and oxygen atoms in total. The number of amides is 1. The highest BCUT2D eigenvalue weighted by Gasteiger charge is 2.48. The first-order chi connectivity index (χ1) is 15.6. The van der Waals surface area contributed by atoms with Gasteiger partial charge in [0.25, 0.3) is 5.78 Å². The van der Waals surface area contributed by atoms with E-state index in [0.717, 1.165) is 28.0 Å². The second kappa shape index (κ2) is 8.41. The number of Topliss-reactive ketones (excluding diaryl/α,β-unsaturated/α-hetero) is 2. The minimum Gasteiger partial charge on any atom is -0.507 e. The predicted molar refractivity (Wildman–Crippen MR) is 129 cm³/mol. The Morgan fingerprint density at radius 1 is 1.00 bits per heavy atom. The molecule has 1 unspecified atom stereocenters. The summed E-state index contributed by atoms with van der Waals surface area (Å²) in [5.74, 6) is -1.94. The maximum absolute atomic E-state index is 13.3. The second-order valence-electron chi connectivity index (χ2n) is 8.37. The van der Waals surface area contributed by atoms with Crippen molar-refractivity contribution in [3.63, 3.8) is 0 Å². The highest BCUT2D eigenvalue weighted by Crippen LogP contribution is 2.44. The summed E-state index contributed by atoms with van der Waals surface area (Å²) < 4.78 is 0. The molecule has 0 bridgehead atoms. The molecule has 2 heterocycles. The monoisotopic (exact) mass is 460 g/mol. The molecule has 1 saturated heterocycles. The van der Waals surface area contributed by atoms with Crippen LogP contribution in [-0.4, -0.2) is 27.6 Å². The van der Waals surface area contributed by atoms with E-state index in [0.29, 0.717) is 21.7 Å². The lowest BCUT2D eigenvalue weighted by Gasteiger charge is -2.23. The number of aliphatic hydroxyl groups is 1. The molecule has 1 aliphatic rings. The largest absolute Gasteiger partial charge is 0.507 e. The number of nitrogens with zero attached hydrogens (tertiary/aromatic N) is 2. The number of hydrogen-bond acceptors (Lipinski definition) is 6. The Balaban J connectivity index is 1.98. The van der Waals surface area contributed by atoms with Gasteiger partial charge in [-0.15, -0.1) is 0 Å². The molecular formula is C26H24N2O4S. The molecule has 2 aromatic carbocycles. The van der Waals surface area contributed by atoms with Crippen LogP contribution >= 0.6 is 11.3 Å². The van der Waals surface area contributed by atoms with Crippen LogP contribution in [0, 0.1) is 27.7 Å². The molecule has 33 heavy (non-hydrogen) atoms. The van der Waals surface area contributed by atoms with Gasteiger partial charge in [-0.2, -0.15) is 0 Å². The summed E-state index contributed by atoms with van der Waals surface area (Å²) in [4.78, 5) is 44.7. The molecule has 1 aliphatic heterocycles. The second-order valence-corrected chi connectivity index (χ2v) is 9.34. The van der Waals surface area contributed by atoms with Crippen LogP contribution in [0.2, 0.25) is 0 Å². The van der Waals surface area contributed by atoms with Crippen LogP contribution in [-0.2, 0) is 9.59 Å². The van der Waals surface area contributed by atoms with Crippen molar-refractivity contribution in [2.45, 2.75) is 40.7 Å². The maximum Gasteiger partial charge on any atom is 0.301 e. The van der Waals surface area contributed by atoms with Gasteiger partial charge in [-0.1, -0.05) is 58.9 Å². The number of ketones is 2. The van der Waals surface area contributed by atoms with Crippen LogP contribution in [0.15, 0.2) is 48.0 Å². The Kier molecular flexibility index (Phi) is 5.76. The molecule has 0 spiro atoms. The van der Waals surface area contributed by atoms with E-state index in [2.05, 4.69) is 4.98 Å². The fourth-order valence-corrected chi connectivity index (χ4v) is 5.03. The van der Waals surface area contributed by atoms with E-state index in [-0.39, 0.29) is 22.2 Å². The normalized spacial score (nSPS) is 17.6. The summed E-state index contributed by atoms with van der Waals surface area (Å²) in [6, 6.07) is 12.2. The maximum atomic E-state index is 13.3. The molecule has 1 amide bonds. The number of anilines is 1. The quantitative estimate of drug-likeness (QED) is 0.250. The Labute approximate surface area is 196 Å². The SMILES string of the molecule is CC(=O)c1sc(N2C(=O)C(=O)/C(=C(/O)c3cc(C)ccc3C)C2c2ccc(C)cc2)nc1C. The van der Waals surface area contributed by atoms with E-state index in [1.54, 1.807) is 13.0 Å². The van der Waals surface area contributed by atoms with Gasteiger partial charge < -0.3 is 5.11 Å². The van der Waals surface area contributed by atoms with Gasteiger partial charge in [-0.3, -0.25) is 19.3 Å². The van der Waals surface area contributed by atoms with Gasteiger partial charge in [0.2, 0.25) is 0 Å². The Hall–Kier alpha value is -3.58. The van der Waals surface area contributed by atoms with Crippen molar-refractivity contribution in [3.8, 4) is 0 Å². The highest BCUT2D eigenvalue weighted by atomic mass is 32.1. The molecule has 0 saturated carbocycles. The molecule has 1 N–H and O–H groups in total. The smallest absolute Gasteiger partial charge is 0.301 e. The summed E-state index contributed by atoms with van der Waals surface area (Å²) >= 11 is 1.08. The van der Waals surface area contributed by atoms with Crippen LogP contribution in [0.5, 0.6) is 0 Å². The zero-order valence-corrected chi connectivity index (χ0v) is 19.9. The van der Waals surface area contributed by atoms with Gasteiger partial charge in [-0.05, 0) is 44.9 Å². The molecule has 1 atom stereocenters. The number of benzene rings is 2. The minimum absolute atomic E-state index is 0.00906. The van der Waals surface area contributed by atoms with Crippen LogP contribution in [0.3, 0.4) is 0 Å². The summed E-state index contributed by atoms with van der Waals surface area (Å²) in [6.45, 7) is 8.82. The predicted octanol–water partition coefficient (Wildman–Crippen LogP) is 5.21. The van der Waals surface area contributed by atoms with Crippen molar-refractivity contribution in [1.82, 2.24) is 4.98 Å². The Bertz CT molecular complexity index is 1330. The molecule has 1 aromatic heterocycles. The third kappa shape index (κ3) is 3.89. The lowest BCUT2D eigenvalue weighted by atomic mass is 9.93. The third-order valence-electron chi connectivity index (χ3n) is 5.80. The van der Waals surface area contributed by atoms with E-state index >= 15 is 0 Å². The van der Waals surface area contributed by atoms with Crippen LogP contribution < -0.4 is 4.90 Å². The average molecular weight is 461 g/mol. The van der Waals surface area contributed by atoms with E-state index in [9.17, 15) is 19.5 Å². The number of thiazole rings is 1. The Morgan fingerprint density at radius 2 is 1.64 bits per heavy atom. The van der Waals surface area contributed by atoms with Crippen LogP contribution in [0.25, 0.3) is 5.76 Å². The number of carbonyl (C=O) groups excluding carboxylic acids is 3. The molecule has 168 valence electrons. The summed E-state index contributed by atoms with van der Waals surface area (Å²) in [5.41, 5.74) is 4.42. The van der Waals surface area contributed by atoms with Gasteiger partial charge in [0.1, 0.15) is 5.76 Å². The van der Waals surface area contributed by atoms with Crippen molar-refractivity contribution in [2.75, 3.05) is 4.90 Å². The van der Waals surface area contributed by atoms with Crippen LogP contribution in [0.1, 0.15) is 56.1 Å². The number of aryl methyl sites for hydroxylation is 4. The third-order valence-corrected chi connectivity index (χ3v) is 7.05. The minimum atomic E-state index is -0.865. The van der Waals surface area contributed by atoms with Crippen molar-refractivity contribution >= 4 is 39.7 Å². The number of hydrogen-bond donors (Lipinski definition) is 1. The van der Waals surface area contributed by atoms with Crippen molar-refractivity contribution in [1.29, 1.82) is 0 Å². The van der Waals surface area contributed by atoms with Crippen molar-refractivity contribution in [3.05, 3.63) is 86.4 Å². The van der Waals surface area contributed by atoms with Crippen molar-refractivity contribution < 1.29 is 19.5 Å². The first kappa shape index (κ1) is 22.6. The van der Waals surface area contributed by atoms with Gasteiger partial charge in [0.15, 0.2) is 10.9 Å². The lowest BCUT2D eigenvalue weighted by molar-refractivity contribution is -0.132. The van der Waals surface area contributed by atoms with Gasteiger partial charge in [0.05, 0.1) is 22.2 Å². The lowest BCUT2D eigenvalue weighted by Crippen LogP contribution is -2.29. The molecule has 1 fully saturated rings. The molecule has 0 radical (unpaired) electrons. The van der Waals surface area contributed by atoms with E-state index < -0.39 is 17.7 Å². The highest BCUT2D eigenvalue weighted by molar-refractivity contribution is 7.18. The van der Waals surface area contributed by atoms with Gasteiger partial charge >= 0.3 is 5.91 Å². The Morgan fingerprint density at radius 3 is 2.24 bits per heavy atom. The number of aromatic nitrogens is 1. The summed E-state index contributed by atoms with van der Waals surface area (Å²) in [6.07, 6.45) is 0. The number of carbonyl (C=O) groups is 3.